The van der Waals surface area contributed by atoms with Gasteiger partial charge in [0.1, 0.15) is 0 Å². The zero-order chi connectivity index (χ0) is 11.6. The van der Waals surface area contributed by atoms with Crippen molar-refractivity contribution in [1.29, 1.82) is 0 Å². The normalized spacial score (nSPS) is 24.2. The van der Waals surface area contributed by atoms with Gasteiger partial charge in [0.15, 0.2) is 0 Å². The molecule has 0 bridgehead atoms. The molecule has 0 amide bonds. The van der Waals surface area contributed by atoms with Gasteiger partial charge in [0.25, 0.3) is 0 Å². The maximum absolute atomic E-state index is 3.52. The van der Waals surface area contributed by atoms with E-state index in [1.54, 1.807) is 0 Å². The minimum atomic E-state index is 0.651. The molecule has 1 aromatic carbocycles. The minimum Gasteiger partial charge on any atom is -0.317 e. The first-order chi connectivity index (χ1) is 8.36. The first kappa shape index (κ1) is 11.2. The molecule has 1 spiro atoms. The molecule has 2 heterocycles. The van der Waals surface area contributed by atoms with Crippen LogP contribution in [-0.2, 0) is 6.54 Å². The lowest BCUT2D eigenvalue weighted by molar-refractivity contribution is -0.0151. The summed E-state index contributed by atoms with van der Waals surface area (Å²) in [6, 6.07) is 10.8. The highest BCUT2D eigenvalue weighted by Crippen LogP contribution is 2.39. The molecule has 1 N–H and O–H groups in total. The molecule has 2 aliphatic rings. The number of hydrogen-bond acceptors (Lipinski definition) is 2. The van der Waals surface area contributed by atoms with Crippen LogP contribution in [0, 0.1) is 5.41 Å². The Kier molecular flexibility index (Phi) is 3.17. The number of nitrogens with zero attached hydrogens (tertiary/aromatic N) is 1. The number of rotatable bonds is 2. The van der Waals surface area contributed by atoms with E-state index in [0.29, 0.717) is 5.41 Å². The zero-order valence-corrected chi connectivity index (χ0v) is 10.5. The fourth-order valence-corrected chi connectivity index (χ4v) is 3.36. The van der Waals surface area contributed by atoms with E-state index in [1.807, 2.05) is 0 Å². The van der Waals surface area contributed by atoms with Crippen molar-refractivity contribution in [1.82, 2.24) is 10.2 Å². The molecule has 3 rings (SSSR count). The van der Waals surface area contributed by atoms with Gasteiger partial charge < -0.3 is 5.32 Å². The van der Waals surface area contributed by atoms with E-state index in [-0.39, 0.29) is 0 Å². The van der Waals surface area contributed by atoms with E-state index in [1.165, 1.54) is 51.0 Å². The third-order valence-corrected chi connectivity index (χ3v) is 4.26. The molecule has 2 nitrogen and oxygen atoms in total. The van der Waals surface area contributed by atoms with Gasteiger partial charge in [-0.1, -0.05) is 30.3 Å². The second kappa shape index (κ2) is 4.79. The van der Waals surface area contributed by atoms with E-state index in [4.69, 9.17) is 0 Å². The molecule has 17 heavy (non-hydrogen) atoms. The molecular weight excluding hydrogens is 208 g/mol. The van der Waals surface area contributed by atoms with Gasteiger partial charge in [0, 0.05) is 19.6 Å². The summed E-state index contributed by atoms with van der Waals surface area (Å²) in [5, 5.41) is 3.52. The number of benzene rings is 1. The van der Waals surface area contributed by atoms with Gasteiger partial charge in [-0.3, -0.25) is 4.90 Å². The third kappa shape index (κ3) is 2.53. The van der Waals surface area contributed by atoms with E-state index in [2.05, 4.69) is 40.5 Å². The number of hydrogen-bond donors (Lipinski definition) is 1. The van der Waals surface area contributed by atoms with Crippen molar-refractivity contribution in [3.8, 4) is 0 Å². The summed E-state index contributed by atoms with van der Waals surface area (Å²) in [6.07, 6.45) is 4.16. The van der Waals surface area contributed by atoms with Crippen LogP contribution in [0.3, 0.4) is 0 Å². The molecule has 2 saturated heterocycles. The summed E-state index contributed by atoms with van der Waals surface area (Å²) in [7, 11) is 0. The lowest BCUT2D eigenvalue weighted by Gasteiger charge is -2.50. The molecule has 0 unspecified atom stereocenters. The fraction of sp³-hybridized carbons (Fsp3) is 0.600. The summed E-state index contributed by atoms with van der Waals surface area (Å²) in [6.45, 7) is 6.20. The maximum atomic E-state index is 3.52. The van der Waals surface area contributed by atoms with Gasteiger partial charge in [0.2, 0.25) is 0 Å². The Morgan fingerprint density at radius 2 is 1.88 bits per heavy atom. The van der Waals surface area contributed by atoms with Crippen molar-refractivity contribution in [3.05, 3.63) is 35.9 Å². The Balaban J connectivity index is 1.53. The topological polar surface area (TPSA) is 15.3 Å². The molecule has 1 aromatic rings. The quantitative estimate of drug-likeness (QED) is 0.838. The average Bonchev–Trinajstić information content (AvgIpc) is 2.56. The highest BCUT2D eigenvalue weighted by molar-refractivity contribution is 5.15. The Bertz CT molecular complexity index is 344. The molecular formula is C15H22N2. The smallest absolute Gasteiger partial charge is 0.0234 e. The Morgan fingerprint density at radius 3 is 2.71 bits per heavy atom. The van der Waals surface area contributed by atoms with Crippen LogP contribution in [0.2, 0.25) is 0 Å². The average molecular weight is 230 g/mol. The predicted octanol–water partition coefficient (Wildman–Crippen LogP) is 2.26. The van der Waals surface area contributed by atoms with Crippen molar-refractivity contribution < 1.29 is 0 Å². The standard InChI is InChI=1S/C15H22N2/c1-2-5-14(6-3-1)11-17-12-15(13-17)7-4-9-16-10-8-15/h1-3,5-6,16H,4,7-13H2. The summed E-state index contributed by atoms with van der Waals surface area (Å²) in [4.78, 5) is 2.60. The van der Waals surface area contributed by atoms with Crippen LogP contribution in [0.4, 0.5) is 0 Å². The SMILES string of the molecule is c1ccc(CN2CC3(CCCNCC3)C2)cc1. The molecule has 2 heteroatoms. The lowest BCUT2D eigenvalue weighted by Crippen LogP contribution is -2.55. The van der Waals surface area contributed by atoms with Crippen LogP contribution < -0.4 is 5.32 Å². The van der Waals surface area contributed by atoms with Gasteiger partial charge in [0.05, 0.1) is 0 Å². The van der Waals surface area contributed by atoms with Crippen molar-refractivity contribution in [3.63, 3.8) is 0 Å². The fourth-order valence-electron chi connectivity index (χ4n) is 3.36. The van der Waals surface area contributed by atoms with E-state index in [9.17, 15) is 0 Å². The van der Waals surface area contributed by atoms with E-state index >= 15 is 0 Å². The molecule has 2 fully saturated rings. The molecule has 0 atom stereocenters. The third-order valence-electron chi connectivity index (χ3n) is 4.26. The van der Waals surface area contributed by atoms with E-state index in [0.717, 1.165) is 6.54 Å². The predicted molar refractivity (Wildman–Crippen MR) is 70.9 cm³/mol. The highest BCUT2D eigenvalue weighted by Gasteiger charge is 2.42. The molecule has 0 radical (unpaired) electrons. The van der Waals surface area contributed by atoms with Crippen LogP contribution >= 0.6 is 0 Å². The van der Waals surface area contributed by atoms with Crippen molar-refractivity contribution >= 4 is 0 Å². The van der Waals surface area contributed by atoms with Gasteiger partial charge in [-0.2, -0.15) is 0 Å². The lowest BCUT2D eigenvalue weighted by atomic mass is 9.73. The first-order valence-corrected chi connectivity index (χ1v) is 6.83. The molecule has 2 aliphatic heterocycles. The minimum absolute atomic E-state index is 0.651. The molecule has 0 aliphatic carbocycles. The molecule has 92 valence electrons. The largest absolute Gasteiger partial charge is 0.317 e. The number of nitrogens with one attached hydrogen (secondary N) is 1. The Labute approximate surface area is 104 Å². The monoisotopic (exact) mass is 230 g/mol. The molecule has 0 saturated carbocycles. The first-order valence-electron chi connectivity index (χ1n) is 6.83. The Morgan fingerprint density at radius 1 is 1.06 bits per heavy atom. The summed E-state index contributed by atoms with van der Waals surface area (Å²) >= 11 is 0. The van der Waals surface area contributed by atoms with Gasteiger partial charge in [-0.25, -0.2) is 0 Å². The van der Waals surface area contributed by atoms with Crippen LogP contribution in [0.25, 0.3) is 0 Å². The highest BCUT2D eigenvalue weighted by atomic mass is 15.2. The van der Waals surface area contributed by atoms with Gasteiger partial charge in [-0.15, -0.1) is 0 Å². The summed E-state index contributed by atoms with van der Waals surface area (Å²) in [5.41, 5.74) is 2.10. The van der Waals surface area contributed by atoms with E-state index < -0.39 is 0 Å². The summed E-state index contributed by atoms with van der Waals surface area (Å²) < 4.78 is 0. The zero-order valence-electron chi connectivity index (χ0n) is 10.5. The summed E-state index contributed by atoms with van der Waals surface area (Å²) in [5.74, 6) is 0. The maximum Gasteiger partial charge on any atom is 0.0234 e. The van der Waals surface area contributed by atoms with Crippen molar-refractivity contribution in [2.24, 2.45) is 5.41 Å². The van der Waals surface area contributed by atoms with Crippen molar-refractivity contribution in [2.75, 3.05) is 26.2 Å². The second-order valence-corrected chi connectivity index (χ2v) is 5.73. The second-order valence-electron chi connectivity index (χ2n) is 5.73. The van der Waals surface area contributed by atoms with Crippen molar-refractivity contribution in [2.45, 2.75) is 25.8 Å². The van der Waals surface area contributed by atoms with Crippen LogP contribution in [0.1, 0.15) is 24.8 Å². The number of likely N-dealkylation sites (tertiary alicyclic amines) is 1. The van der Waals surface area contributed by atoms with Crippen LogP contribution in [0.5, 0.6) is 0 Å². The van der Waals surface area contributed by atoms with Crippen LogP contribution in [-0.4, -0.2) is 31.1 Å². The van der Waals surface area contributed by atoms with Crippen LogP contribution in [0.15, 0.2) is 30.3 Å². The van der Waals surface area contributed by atoms with Gasteiger partial charge in [-0.05, 0) is 43.3 Å². The van der Waals surface area contributed by atoms with Gasteiger partial charge >= 0.3 is 0 Å². The Hall–Kier alpha value is -0.860. The molecule has 0 aromatic heterocycles.